The Hall–Kier alpha value is -3.22. The maximum atomic E-state index is 13.1. The molecule has 9 nitrogen and oxygen atoms in total. The summed E-state index contributed by atoms with van der Waals surface area (Å²) in [7, 11) is 0. The quantitative estimate of drug-likeness (QED) is 0.161. The lowest BCUT2D eigenvalue weighted by Gasteiger charge is -2.12. The van der Waals surface area contributed by atoms with E-state index in [1.165, 1.54) is 29.5 Å². The molecule has 0 saturated carbocycles. The fraction of sp³-hybridized carbons (Fsp3) is 0.0455. The number of hydrogen-bond acceptors (Lipinski definition) is 8. The smallest absolute Gasteiger partial charge is 0.270 e. The monoisotopic (exact) mass is 604 g/mol. The number of amidine groups is 1. The van der Waals surface area contributed by atoms with Crippen LogP contribution < -0.4 is 0 Å². The Morgan fingerprint density at radius 3 is 2.76 bits per heavy atom. The molecule has 0 aliphatic carbocycles. The van der Waals surface area contributed by atoms with Crippen molar-refractivity contribution in [2.45, 2.75) is 6.54 Å². The number of carbonyl (C=O) groups excluding carboxylic acids is 1. The van der Waals surface area contributed by atoms with Crippen molar-refractivity contribution in [1.29, 1.82) is 0 Å². The summed E-state index contributed by atoms with van der Waals surface area (Å²) in [6.07, 6.45) is 4.45. The van der Waals surface area contributed by atoms with Gasteiger partial charge in [-0.1, -0.05) is 28.1 Å². The van der Waals surface area contributed by atoms with E-state index in [1.54, 1.807) is 42.5 Å². The largest absolute Gasteiger partial charge is 0.506 e. The van der Waals surface area contributed by atoms with Gasteiger partial charge in [0.05, 0.1) is 33.3 Å². The number of phenols is 1. The Kier molecular flexibility index (Phi) is 7.29. The number of rotatable bonds is 6. The zero-order valence-corrected chi connectivity index (χ0v) is 21.1. The fourth-order valence-corrected chi connectivity index (χ4v) is 5.18. The van der Waals surface area contributed by atoms with Crippen LogP contribution in [0.2, 0.25) is 0 Å². The zero-order valence-electron chi connectivity index (χ0n) is 17.1. The van der Waals surface area contributed by atoms with Crippen molar-refractivity contribution in [3.05, 3.63) is 95.6 Å². The molecule has 0 atom stereocenters. The second kappa shape index (κ2) is 10.4. The first-order chi connectivity index (χ1) is 16.3. The highest BCUT2D eigenvalue weighted by molar-refractivity contribution is 9.11. The number of nitro benzene ring substituents is 1. The van der Waals surface area contributed by atoms with Gasteiger partial charge in [-0.25, -0.2) is 0 Å². The topological polar surface area (TPSA) is 122 Å². The molecule has 1 N–H and O–H groups in total. The molecule has 34 heavy (non-hydrogen) atoms. The van der Waals surface area contributed by atoms with E-state index < -0.39 is 4.92 Å². The van der Waals surface area contributed by atoms with Crippen LogP contribution in [0.5, 0.6) is 5.75 Å². The molecule has 2 aromatic carbocycles. The second-order valence-corrected chi connectivity index (χ2v) is 9.67. The van der Waals surface area contributed by atoms with Crippen LogP contribution in [0.4, 0.5) is 5.69 Å². The SMILES string of the molecule is O=C1/C(=C/c2cccc([N+](=O)[O-])c2)S/C(=N\N=C\c2cc(Br)cc(Br)c2O)N1Cc1ccco1. The lowest BCUT2D eigenvalue weighted by Crippen LogP contribution is -2.28. The third-order valence-corrected chi connectivity index (χ3v) is 6.62. The Labute approximate surface area is 214 Å². The van der Waals surface area contributed by atoms with Crippen LogP contribution in [0.25, 0.3) is 6.08 Å². The molecule has 1 aliphatic heterocycles. The summed E-state index contributed by atoms with van der Waals surface area (Å²) in [5.74, 6) is 0.215. The summed E-state index contributed by atoms with van der Waals surface area (Å²) in [6, 6.07) is 12.8. The van der Waals surface area contributed by atoms with E-state index in [0.717, 1.165) is 16.2 Å². The minimum Gasteiger partial charge on any atom is -0.506 e. The number of phenolic OH excluding ortho intramolecular Hbond substituents is 1. The Morgan fingerprint density at radius 2 is 2.03 bits per heavy atom. The normalized spacial score (nSPS) is 16.3. The number of aromatic hydroxyl groups is 1. The molecule has 1 aliphatic rings. The number of thioether (sulfide) groups is 1. The highest BCUT2D eigenvalue weighted by atomic mass is 79.9. The minimum absolute atomic E-state index is 0.000926. The van der Waals surface area contributed by atoms with Gasteiger partial charge in [-0.3, -0.25) is 19.8 Å². The number of carbonyl (C=O) groups is 1. The minimum atomic E-state index is -0.494. The Morgan fingerprint density at radius 1 is 1.21 bits per heavy atom. The van der Waals surface area contributed by atoms with E-state index in [0.29, 0.717) is 31.4 Å². The van der Waals surface area contributed by atoms with Gasteiger partial charge in [-0.2, -0.15) is 5.10 Å². The number of non-ortho nitro benzene ring substituents is 1. The molecule has 4 rings (SSSR count). The number of nitrogens with zero attached hydrogens (tertiary/aromatic N) is 4. The van der Waals surface area contributed by atoms with Crippen LogP contribution >= 0.6 is 43.6 Å². The zero-order chi connectivity index (χ0) is 24.2. The molecule has 0 spiro atoms. The van der Waals surface area contributed by atoms with Crippen LogP contribution in [0.15, 0.2) is 83.3 Å². The first-order valence-electron chi connectivity index (χ1n) is 9.59. The number of nitro groups is 1. The van der Waals surface area contributed by atoms with E-state index in [9.17, 15) is 20.0 Å². The summed E-state index contributed by atoms with van der Waals surface area (Å²) in [5, 5.41) is 29.8. The van der Waals surface area contributed by atoms with Crippen LogP contribution in [0.3, 0.4) is 0 Å². The fourth-order valence-electron chi connectivity index (χ4n) is 2.98. The predicted molar refractivity (Wildman–Crippen MR) is 136 cm³/mol. The summed E-state index contributed by atoms with van der Waals surface area (Å²) < 4.78 is 6.59. The van der Waals surface area contributed by atoms with Gasteiger partial charge >= 0.3 is 0 Å². The summed E-state index contributed by atoms with van der Waals surface area (Å²) in [5.41, 5.74) is 0.859. The van der Waals surface area contributed by atoms with E-state index in [1.807, 2.05) is 0 Å². The van der Waals surface area contributed by atoms with Gasteiger partial charge in [0.1, 0.15) is 11.5 Å². The van der Waals surface area contributed by atoms with Crippen molar-refractivity contribution in [1.82, 2.24) is 4.90 Å². The van der Waals surface area contributed by atoms with Crippen LogP contribution in [0.1, 0.15) is 16.9 Å². The van der Waals surface area contributed by atoms with E-state index in [-0.39, 0.29) is 23.9 Å². The summed E-state index contributed by atoms with van der Waals surface area (Å²) >= 11 is 7.70. The van der Waals surface area contributed by atoms with Crippen molar-refractivity contribution in [2.75, 3.05) is 0 Å². The summed E-state index contributed by atoms with van der Waals surface area (Å²) in [6.45, 7) is 0.132. The molecule has 12 heteroatoms. The molecule has 0 radical (unpaired) electrons. The van der Waals surface area contributed by atoms with E-state index in [4.69, 9.17) is 4.42 Å². The predicted octanol–water partition coefficient (Wildman–Crippen LogP) is 5.93. The molecule has 0 bridgehead atoms. The average Bonchev–Trinajstić information content (AvgIpc) is 3.41. The summed E-state index contributed by atoms with van der Waals surface area (Å²) in [4.78, 5) is 25.4. The van der Waals surface area contributed by atoms with Gasteiger partial charge in [0, 0.05) is 22.2 Å². The first kappa shape index (κ1) is 23.9. The standard InChI is InChI=1S/C22H14Br2N4O5S/c23-15-9-14(20(29)18(24)10-15)11-25-26-22-27(12-17-5-2-6-33-17)21(30)19(34-22)8-13-3-1-4-16(7-13)28(31)32/h1-11,29H,12H2/b19-8-,25-11+,26-22-. The van der Waals surface area contributed by atoms with Gasteiger partial charge in [0.2, 0.25) is 0 Å². The second-order valence-electron chi connectivity index (χ2n) is 6.89. The maximum Gasteiger partial charge on any atom is 0.270 e. The number of amides is 1. The lowest BCUT2D eigenvalue weighted by molar-refractivity contribution is -0.384. The molecule has 2 heterocycles. The maximum absolute atomic E-state index is 13.1. The Balaban J connectivity index is 1.66. The van der Waals surface area contributed by atoms with Gasteiger partial charge in [0.15, 0.2) is 5.17 Å². The number of hydrogen-bond donors (Lipinski definition) is 1. The number of benzene rings is 2. The van der Waals surface area contributed by atoms with Crippen molar-refractivity contribution in [3.63, 3.8) is 0 Å². The van der Waals surface area contributed by atoms with E-state index in [2.05, 4.69) is 42.1 Å². The molecule has 1 aromatic heterocycles. The highest BCUT2D eigenvalue weighted by Gasteiger charge is 2.34. The molecule has 1 saturated heterocycles. The first-order valence-corrected chi connectivity index (χ1v) is 12.0. The van der Waals surface area contributed by atoms with Gasteiger partial charge in [-0.05, 0) is 63.6 Å². The molecule has 172 valence electrons. The molecule has 0 unspecified atom stereocenters. The number of halogens is 2. The highest BCUT2D eigenvalue weighted by Crippen LogP contribution is 2.35. The van der Waals surface area contributed by atoms with Gasteiger partial charge in [0.25, 0.3) is 11.6 Å². The molecular weight excluding hydrogens is 592 g/mol. The third kappa shape index (κ3) is 5.46. The molecule has 1 amide bonds. The third-order valence-electron chi connectivity index (χ3n) is 4.56. The number of furan rings is 1. The van der Waals surface area contributed by atoms with Crippen molar-refractivity contribution < 1.29 is 19.2 Å². The Bertz CT molecular complexity index is 1360. The van der Waals surface area contributed by atoms with Crippen LogP contribution in [-0.2, 0) is 11.3 Å². The average molecular weight is 606 g/mol. The van der Waals surface area contributed by atoms with Crippen LogP contribution in [-0.4, -0.2) is 32.2 Å². The lowest BCUT2D eigenvalue weighted by atomic mass is 10.2. The van der Waals surface area contributed by atoms with Crippen LogP contribution in [0, 0.1) is 10.1 Å². The van der Waals surface area contributed by atoms with Crippen molar-refractivity contribution >= 4 is 72.7 Å². The van der Waals surface area contributed by atoms with Crippen molar-refractivity contribution in [2.24, 2.45) is 10.2 Å². The van der Waals surface area contributed by atoms with E-state index >= 15 is 0 Å². The molecule has 3 aromatic rings. The molecular formula is C22H14Br2N4O5S. The van der Waals surface area contributed by atoms with Gasteiger partial charge in [-0.15, -0.1) is 5.10 Å². The molecule has 1 fully saturated rings. The van der Waals surface area contributed by atoms with Crippen molar-refractivity contribution in [3.8, 4) is 5.75 Å². The van der Waals surface area contributed by atoms with Gasteiger partial charge < -0.3 is 9.52 Å².